The van der Waals surface area contributed by atoms with Crippen LogP contribution >= 0.6 is 0 Å². The number of para-hydroxylation sites is 2. The molecule has 4 aromatic carbocycles. The Morgan fingerprint density at radius 1 is 0.827 bits per heavy atom. The molecule has 0 spiro atoms. The minimum atomic E-state index is -4.71. The van der Waals surface area contributed by atoms with Gasteiger partial charge in [-0.05, 0) is 73.9 Å². The van der Waals surface area contributed by atoms with Crippen molar-refractivity contribution in [3.8, 4) is 17.7 Å². The molecule has 0 bridgehead atoms. The van der Waals surface area contributed by atoms with Crippen LogP contribution < -0.4 is 4.74 Å². The number of hydrogen-bond acceptors (Lipinski definition) is 12. The van der Waals surface area contributed by atoms with E-state index in [1.165, 1.54) is 16.5 Å². The lowest BCUT2D eigenvalue weighted by Crippen LogP contribution is -1.99. The molecule has 0 aliphatic rings. The highest BCUT2D eigenvalue weighted by atomic mass is 32.2. The first-order valence-electron chi connectivity index (χ1n) is 16.4. The summed E-state index contributed by atoms with van der Waals surface area (Å²) in [5, 5.41) is 47.3. The van der Waals surface area contributed by atoms with Crippen molar-refractivity contribution in [1.82, 2.24) is 9.38 Å². The fourth-order valence-electron chi connectivity index (χ4n) is 5.47. The number of ether oxygens (including phenoxy) is 1. The van der Waals surface area contributed by atoms with Gasteiger partial charge in [0.1, 0.15) is 33.7 Å². The Kier molecular flexibility index (Phi) is 10.4. The summed E-state index contributed by atoms with van der Waals surface area (Å²) in [7, 11) is -4.71. The summed E-state index contributed by atoms with van der Waals surface area (Å²) >= 11 is 0. The number of fused-ring (bicyclic) bond motifs is 3. The van der Waals surface area contributed by atoms with Crippen LogP contribution in [0.3, 0.4) is 0 Å². The van der Waals surface area contributed by atoms with Gasteiger partial charge in [-0.1, -0.05) is 50.6 Å². The molecular weight excluding hydrogens is 683 g/mol. The van der Waals surface area contributed by atoms with E-state index in [2.05, 4.69) is 41.7 Å². The third-order valence-corrected chi connectivity index (χ3v) is 8.81. The quantitative estimate of drug-likeness (QED) is 0.0926. The number of nitrogens with zero attached hydrogens (tertiary/aromatic N) is 9. The predicted molar refractivity (Wildman–Crippen MR) is 195 cm³/mol. The number of benzene rings is 4. The molecule has 0 unspecified atom stereocenters. The third kappa shape index (κ3) is 7.38. The van der Waals surface area contributed by atoms with E-state index in [-0.39, 0.29) is 22.9 Å². The van der Waals surface area contributed by atoms with E-state index in [1.54, 1.807) is 55.5 Å². The lowest BCUT2D eigenvalue weighted by atomic mass is 10.0. The van der Waals surface area contributed by atoms with Crippen LogP contribution in [0.2, 0.25) is 0 Å². The molecule has 0 radical (unpaired) electrons. The number of hydrogen-bond donors (Lipinski definition) is 2. The highest BCUT2D eigenvalue weighted by Gasteiger charge is 2.23. The molecule has 0 aliphatic carbocycles. The molecule has 52 heavy (non-hydrogen) atoms. The normalized spacial score (nSPS) is 12.1. The van der Waals surface area contributed by atoms with Gasteiger partial charge in [0.2, 0.25) is 5.88 Å². The average molecular weight is 716 g/mol. The van der Waals surface area contributed by atoms with E-state index in [9.17, 15) is 23.3 Å². The van der Waals surface area contributed by atoms with Crippen LogP contribution in [0.1, 0.15) is 43.4 Å². The van der Waals surface area contributed by atoms with Crippen LogP contribution in [0.15, 0.2) is 121 Å². The summed E-state index contributed by atoms with van der Waals surface area (Å²) in [6.07, 6.45) is 1.81. The van der Waals surface area contributed by atoms with Gasteiger partial charge in [0.25, 0.3) is 10.1 Å². The maximum absolute atomic E-state index is 12.3. The van der Waals surface area contributed by atoms with E-state index in [0.717, 1.165) is 6.07 Å². The van der Waals surface area contributed by atoms with Gasteiger partial charge >= 0.3 is 0 Å². The zero-order chi connectivity index (χ0) is 36.8. The highest BCUT2D eigenvalue weighted by Crippen LogP contribution is 2.42. The van der Waals surface area contributed by atoms with Crippen molar-refractivity contribution in [2.24, 2.45) is 30.7 Å². The first-order chi connectivity index (χ1) is 25.1. The van der Waals surface area contributed by atoms with Crippen LogP contribution in [0.4, 0.5) is 34.1 Å². The minimum absolute atomic E-state index is 0.116. The molecule has 2 N–H and O–H groups in total. The second-order valence-corrected chi connectivity index (χ2v) is 13.1. The number of aryl methyl sites for hydroxylation is 1. The van der Waals surface area contributed by atoms with Gasteiger partial charge in [0, 0.05) is 11.6 Å². The van der Waals surface area contributed by atoms with Crippen molar-refractivity contribution < 1.29 is 22.8 Å². The summed E-state index contributed by atoms with van der Waals surface area (Å²) in [6, 6.07) is 25.7. The second kappa shape index (κ2) is 15.3. The first kappa shape index (κ1) is 35.5. The Hall–Kier alpha value is -6.37. The Morgan fingerprint density at radius 3 is 2.27 bits per heavy atom. The van der Waals surface area contributed by atoms with Gasteiger partial charge in [-0.15, -0.1) is 15.3 Å². The smallest absolute Gasteiger partial charge is 0.296 e. The van der Waals surface area contributed by atoms with Gasteiger partial charge in [-0.3, -0.25) is 8.95 Å². The largest absolute Gasteiger partial charge is 0.493 e. The Balaban J connectivity index is 1.39. The van der Waals surface area contributed by atoms with E-state index in [0.29, 0.717) is 82.1 Å². The number of pyridine rings is 1. The van der Waals surface area contributed by atoms with Gasteiger partial charge < -0.3 is 9.84 Å². The fraction of sp³-hybridized carbons (Fsp3) is 0.189. The molecule has 0 aliphatic heterocycles. The van der Waals surface area contributed by atoms with Crippen LogP contribution in [-0.2, 0) is 16.5 Å². The van der Waals surface area contributed by atoms with Crippen LogP contribution in [0.25, 0.3) is 16.7 Å². The van der Waals surface area contributed by atoms with Gasteiger partial charge in [0.15, 0.2) is 11.3 Å². The Bertz CT molecular complexity index is 2540. The van der Waals surface area contributed by atoms with Crippen LogP contribution in [0, 0.1) is 18.3 Å². The van der Waals surface area contributed by atoms with Crippen molar-refractivity contribution in [3.05, 3.63) is 102 Å². The molecule has 14 nitrogen and oxygen atoms in total. The summed E-state index contributed by atoms with van der Waals surface area (Å²) in [4.78, 5) is 4.12. The SMILES string of the molecule is CCCOc1cc(N=Nc2ccc(N=Nc3ccccc3)cc2S(=O)(=O)O)c(C)cc1N=Nc1c(CCC)c(C#N)c2nc3ccccc3n2c1O. The molecular formula is C37H33N9O5S. The number of rotatable bonds is 12. The molecule has 0 fully saturated rings. The third-order valence-electron chi connectivity index (χ3n) is 7.93. The molecule has 0 amide bonds. The molecule has 0 saturated heterocycles. The maximum Gasteiger partial charge on any atom is 0.296 e. The van der Waals surface area contributed by atoms with Crippen LogP contribution in [0.5, 0.6) is 11.6 Å². The van der Waals surface area contributed by atoms with E-state index in [4.69, 9.17) is 4.74 Å². The van der Waals surface area contributed by atoms with Gasteiger partial charge in [-0.2, -0.15) is 29.0 Å². The lowest BCUT2D eigenvalue weighted by molar-refractivity contribution is 0.318. The molecule has 262 valence electrons. The van der Waals surface area contributed by atoms with Crippen molar-refractivity contribution in [1.29, 1.82) is 5.26 Å². The molecule has 0 saturated carbocycles. The average Bonchev–Trinajstić information content (AvgIpc) is 3.53. The summed E-state index contributed by atoms with van der Waals surface area (Å²) in [6.45, 7) is 6.00. The van der Waals surface area contributed by atoms with E-state index in [1.807, 2.05) is 32.0 Å². The monoisotopic (exact) mass is 715 g/mol. The summed E-state index contributed by atoms with van der Waals surface area (Å²) < 4.78 is 42.1. The molecule has 6 rings (SSSR count). The van der Waals surface area contributed by atoms with Gasteiger partial charge in [0.05, 0.1) is 34.7 Å². The summed E-state index contributed by atoms with van der Waals surface area (Å²) in [5.41, 5.74) is 4.44. The van der Waals surface area contributed by atoms with Crippen molar-refractivity contribution in [2.75, 3.05) is 6.61 Å². The minimum Gasteiger partial charge on any atom is -0.493 e. The van der Waals surface area contributed by atoms with Crippen molar-refractivity contribution in [2.45, 2.75) is 44.9 Å². The molecule has 0 atom stereocenters. The van der Waals surface area contributed by atoms with Crippen LogP contribution in [-0.4, -0.2) is 34.1 Å². The number of azo groups is 3. The van der Waals surface area contributed by atoms with E-state index < -0.39 is 15.0 Å². The summed E-state index contributed by atoms with van der Waals surface area (Å²) in [5.74, 6) is 0.110. The predicted octanol–water partition coefficient (Wildman–Crippen LogP) is 10.6. The number of aromatic hydroxyl groups is 1. The van der Waals surface area contributed by atoms with E-state index >= 15 is 0 Å². The Labute approximate surface area is 299 Å². The molecule has 2 heterocycles. The Morgan fingerprint density at radius 2 is 1.54 bits per heavy atom. The molecule has 15 heteroatoms. The van der Waals surface area contributed by atoms with Gasteiger partial charge in [-0.25, -0.2) is 4.98 Å². The fourth-order valence-corrected chi connectivity index (χ4v) is 6.11. The highest BCUT2D eigenvalue weighted by molar-refractivity contribution is 7.86. The standard InChI is InChI=1S/C37H33N9O5S/c1-4-11-26-27(22-38)36-39-28-14-9-10-15-32(28)46(36)37(47)35(26)45-44-31-19-23(3)30(21-33(31)51-18-5-2)43-42-29-17-16-25(20-34(29)52(48,49)50)41-40-24-12-7-6-8-13-24/h6-10,12-17,19-21,47H,4-5,11,18H2,1-3H3,(H,48,49,50). The molecule has 6 aromatic rings. The zero-order valence-electron chi connectivity index (χ0n) is 28.5. The number of imidazole rings is 1. The lowest BCUT2D eigenvalue weighted by Gasteiger charge is -2.13. The van der Waals surface area contributed by atoms with Crippen molar-refractivity contribution >= 4 is 60.9 Å². The second-order valence-electron chi connectivity index (χ2n) is 11.7. The molecule has 2 aromatic heterocycles. The topological polar surface area (TPSA) is 199 Å². The zero-order valence-corrected chi connectivity index (χ0v) is 29.3. The maximum atomic E-state index is 12.3. The number of aromatic nitrogens is 2. The first-order valence-corrected chi connectivity index (χ1v) is 17.8. The van der Waals surface area contributed by atoms with Crippen molar-refractivity contribution in [3.63, 3.8) is 0 Å². The number of nitriles is 1.